The van der Waals surface area contributed by atoms with Crippen molar-refractivity contribution >= 4 is 22.9 Å². The Bertz CT molecular complexity index is 464. The monoisotopic (exact) mass is 251 g/mol. The zero-order valence-electron chi connectivity index (χ0n) is 9.24. The number of rotatable bonds is 4. The third kappa shape index (κ3) is 2.63. The first-order chi connectivity index (χ1) is 7.81. The molecular formula is C13H14ClNS. The number of halogens is 1. The van der Waals surface area contributed by atoms with Crippen LogP contribution in [0.15, 0.2) is 29.6 Å². The van der Waals surface area contributed by atoms with Crippen molar-refractivity contribution in [2.75, 3.05) is 5.88 Å². The van der Waals surface area contributed by atoms with E-state index in [1.807, 2.05) is 0 Å². The Morgan fingerprint density at radius 1 is 1.31 bits per heavy atom. The smallest absolute Gasteiger partial charge is 0.0933 e. The molecule has 16 heavy (non-hydrogen) atoms. The van der Waals surface area contributed by atoms with E-state index < -0.39 is 0 Å². The van der Waals surface area contributed by atoms with Gasteiger partial charge in [0.15, 0.2) is 0 Å². The maximum Gasteiger partial charge on any atom is 0.0933 e. The predicted octanol–water partition coefficient (Wildman–Crippen LogP) is 4.29. The van der Waals surface area contributed by atoms with E-state index in [0.717, 1.165) is 18.5 Å². The van der Waals surface area contributed by atoms with Crippen LogP contribution in [0.5, 0.6) is 0 Å². The molecule has 2 aromatic rings. The van der Waals surface area contributed by atoms with Gasteiger partial charge in [-0.05, 0) is 18.9 Å². The van der Waals surface area contributed by atoms with E-state index >= 15 is 0 Å². The fourth-order valence-electron chi connectivity index (χ4n) is 1.63. The molecule has 0 radical (unpaired) electrons. The van der Waals surface area contributed by atoms with Crippen LogP contribution in [0.1, 0.15) is 17.0 Å². The molecule has 0 atom stereocenters. The van der Waals surface area contributed by atoms with Gasteiger partial charge in [0, 0.05) is 23.2 Å². The summed E-state index contributed by atoms with van der Waals surface area (Å²) >= 11 is 7.40. The number of hydrogen-bond donors (Lipinski definition) is 0. The van der Waals surface area contributed by atoms with E-state index in [1.165, 1.54) is 16.1 Å². The van der Waals surface area contributed by atoms with Gasteiger partial charge in [-0.2, -0.15) is 0 Å². The highest BCUT2D eigenvalue weighted by Crippen LogP contribution is 2.25. The second-order valence-electron chi connectivity index (χ2n) is 3.73. The van der Waals surface area contributed by atoms with Crippen LogP contribution in [0.25, 0.3) is 11.3 Å². The van der Waals surface area contributed by atoms with Crippen molar-refractivity contribution in [3.8, 4) is 11.3 Å². The van der Waals surface area contributed by atoms with Crippen LogP contribution in [0.3, 0.4) is 0 Å². The molecule has 0 aliphatic heterocycles. The normalized spacial score (nSPS) is 10.6. The van der Waals surface area contributed by atoms with Gasteiger partial charge in [-0.15, -0.1) is 22.9 Å². The van der Waals surface area contributed by atoms with Crippen LogP contribution < -0.4 is 0 Å². The van der Waals surface area contributed by atoms with Gasteiger partial charge in [0.05, 0.1) is 10.7 Å². The van der Waals surface area contributed by atoms with Gasteiger partial charge in [-0.1, -0.05) is 24.3 Å². The molecule has 1 aromatic carbocycles. The zero-order chi connectivity index (χ0) is 11.4. The summed E-state index contributed by atoms with van der Waals surface area (Å²) in [5.74, 6) is 0.708. The summed E-state index contributed by atoms with van der Waals surface area (Å²) in [5, 5.41) is 3.31. The van der Waals surface area contributed by atoms with Crippen molar-refractivity contribution in [1.29, 1.82) is 0 Å². The quantitative estimate of drug-likeness (QED) is 0.739. The highest BCUT2D eigenvalue weighted by atomic mass is 35.5. The topological polar surface area (TPSA) is 12.9 Å². The molecule has 0 aliphatic rings. The molecule has 1 aromatic heterocycles. The minimum absolute atomic E-state index is 0.708. The van der Waals surface area contributed by atoms with Gasteiger partial charge in [0.1, 0.15) is 0 Å². The Morgan fingerprint density at radius 3 is 2.88 bits per heavy atom. The molecule has 84 valence electrons. The lowest BCUT2D eigenvalue weighted by atomic mass is 10.1. The number of nitrogens with zero attached hydrogens (tertiary/aromatic N) is 1. The standard InChI is InChI=1S/C13H14ClNS/c1-10-5-2-3-6-11(10)12-9-16-13(15-12)7-4-8-14/h2-3,5-6,9H,4,7-8H2,1H3. The average molecular weight is 252 g/mol. The van der Waals surface area contributed by atoms with Crippen LogP contribution in [0.4, 0.5) is 0 Å². The average Bonchev–Trinajstić information content (AvgIpc) is 2.75. The van der Waals surface area contributed by atoms with Crippen molar-refractivity contribution in [1.82, 2.24) is 4.98 Å². The van der Waals surface area contributed by atoms with Crippen LogP contribution in [-0.2, 0) is 6.42 Å². The summed E-state index contributed by atoms with van der Waals surface area (Å²) in [6.45, 7) is 2.12. The second-order valence-corrected chi connectivity index (χ2v) is 5.05. The Hall–Kier alpha value is -0.860. The van der Waals surface area contributed by atoms with Crippen LogP contribution >= 0.6 is 22.9 Å². The summed E-state index contributed by atoms with van der Waals surface area (Å²) in [4.78, 5) is 4.64. The molecule has 0 saturated heterocycles. The fraction of sp³-hybridized carbons (Fsp3) is 0.308. The molecule has 0 amide bonds. The third-order valence-electron chi connectivity index (χ3n) is 2.50. The lowest BCUT2D eigenvalue weighted by molar-refractivity contribution is 0.916. The highest BCUT2D eigenvalue weighted by Gasteiger charge is 2.06. The number of aromatic nitrogens is 1. The lowest BCUT2D eigenvalue weighted by Crippen LogP contribution is -1.86. The molecule has 0 fully saturated rings. The van der Waals surface area contributed by atoms with Crippen LogP contribution in [0.2, 0.25) is 0 Å². The number of thiazole rings is 1. The molecular weight excluding hydrogens is 238 g/mol. The molecule has 1 heterocycles. The van der Waals surface area contributed by atoms with Crippen molar-refractivity contribution in [2.45, 2.75) is 19.8 Å². The fourth-order valence-corrected chi connectivity index (χ4v) is 2.60. The molecule has 2 rings (SSSR count). The molecule has 0 aliphatic carbocycles. The molecule has 0 spiro atoms. The second kappa shape index (κ2) is 5.46. The van der Waals surface area contributed by atoms with Crippen molar-refractivity contribution in [3.05, 3.63) is 40.2 Å². The van der Waals surface area contributed by atoms with E-state index in [0.29, 0.717) is 5.88 Å². The molecule has 3 heteroatoms. The predicted molar refractivity (Wildman–Crippen MR) is 71.3 cm³/mol. The summed E-state index contributed by atoms with van der Waals surface area (Å²) in [7, 11) is 0. The molecule has 0 saturated carbocycles. The maximum absolute atomic E-state index is 5.68. The van der Waals surface area contributed by atoms with Crippen molar-refractivity contribution in [3.63, 3.8) is 0 Å². The number of aryl methyl sites for hydroxylation is 2. The minimum Gasteiger partial charge on any atom is -0.241 e. The number of hydrogen-bond acceptors (Lipinski definition) is 2. The largest absolute Gasteiger partial charge is 0.241 e. The molecule has 0 N–H and O–H groups in total. The summed E-state index contributed by atoms with van der Waals surface area (Å²) in [6, 6.07) is 8.35. The first-order valence-corrected chi connectivity index (χ1v) is 6.79. The summed E-state index contributed by atoms with van der Waals surface area (Å²) < 4.78 is 0. The van der Waals surface area contributed by atoms with E-state index in [9.17, 15) is 0 Å². The maximum atomic E-state index is 5.68. The Balaban J connectivity index is 2.22. The third-order valence-corrected chi connectivity index (χ3v) is 3.67. The van der Waals surface area contributed by atoms with E-state index in [4.69, 9.17) is 11.6 Å². The van der Waals surface area contributed by atoms with E-state index in [2.05, 4.69) is 41.6 Å². The van der Waals surface area contributed by atoms with Crippen LogP contribution in [0, 0.1) is 6.92 Å². The molecule has 1 nitrogen and oxygen atoms in total. The van der Waals surface area contributed by atoms with E-state index in [1.54, 1.807) is 11.3 Å². The minimum atomic E-state index is 0.708. The van der Waals surface area contributed by atoms with Gasteiger partial charge in [-0.25, -0.2) is 4.98 Å². The van der Waals surface area contributed by atoms with Crippen LogP contribution in [-0.4, -0.2) is 10.9 Å². The van der Waals surface area contributed by atoms with Gasteiger partial charge in [0.2, 0.25) is 0 Å². The van der Waals surface area contributed by atoms with Crippen molar-refractivity contribution in [2.24, 2.45) is 0 Å². The Kier molecular flexibility index (Phi) is 3.97. The molecule has 0 unspecified atom stereocenters. The van der Waals surface area contributed by atoms with Gasteiger partial charge < -0.3 is 0 Å². The molecule has 0 bridgehead atoms. The first-order valence-electron chi connectivity index (χ1n) is 5.37. The van der Waals surface area contributed by atoms with Gasteiger partial charge >= 0.3 is 0 Å². The highest BCUT2D eigenvalue weighted by molar-refractivity contribution is 7.09. The van der Waals surface area contributed by atoms with Gasteiger partial charge in [0.25, 0.3) is 0 Å². The SMILES string of the molecule is Cc1ccccc1-c1csc(CCCCl)n1. The van der Waals surface area contributed by atoms with Gasteiger partial charge in [-0.3, -0.25) is 0 Å². The Labute approximate surface area is 105 Å². The zero-order valence-corrected chi connectivity index (χ0v) is 10.8. The number of benzene rings is 1. The summed E-state index contributed by atoms with van der Waals surface area (Å²) in [6.07, 6.45) is 1.99. The van der Waals surface area contributed by atoms with Crippen molar-refractivity contribution < 1.29 is 0 Å². The number of alkyl halides is 1. The summed E-state index contributed by atoms with van der Waals surface area (Å²) in [5.41, 5.74) is 3.60. The first kappa shape index (κ1) is 11.6. The lowest BCUT2D eigenvalue weighted by Gasteiger charge is -2.00. The Morgan fingerprint density at radius 2 is 2.12 bits per heavy atom. The van der Waals surface area contributed by atoms with E-state index in [-0.39, 0.29) is 0 Å².